The molecule has 220 valence electrons. The monoisotopic (exact) mass is 606 g/mol. The van der Waals surface area contributed by atoms with Crippen LogP contribution < -0.4 is 43.7 Å². The van der Waals surface area contributed by atoms with Gasteiger partial charge >= 0.3 is 0 Å². The molecule has 0 aliphatic heterocycles. The summed E-state index contributed by atoms with van der Waals surface area (Å²) in [5, 5.41) is 8.03. The Morgan fingerprint density at radius 2 is 0.917 bits per heavy atom. The Labute approximate surface area is 290 Å². The van der Waals surface area contributed by atoms with Gasteiger partial charge in [-0.05, 0) is 91.8 Å². The zero-order chi connectivity index (χ0) is 33.6. The van der Waals surface area contributed by atoms with E-state index in [9.17, 15) is 0 Å². The highest BCUT2D eigenvalue weighted by atomic mass is 15.1. The molecule has 1 heterocycles. The number of nitrogens with zero attached hydrogens (tertiary/aromatic N) is 2. The van der Waals surface area contributed by atoms with E-state index in [1.54, 1.807) is 0 Å². The first-order valence-electron chi connectivity index (χ1n) is 17.1. The fourth-order valence-electron chi connectivity index (χ4n) is 8.30. The smallest absolute Gasteiger partial charge is 0.139 e. The van der Waals surface area contributed by atoms with Crippen molar-refractivity contribution in [2.75, 3.05) is 0 Å². The summed E-state index contributed by atoms with van der Waals surface area (Å²) in [6.45, 7) is 2.09. The summed E-state index contributed by atoms with van der Waals surface area (Å²) in [6.07, 6.45) is 0. The summed E-state index contributed by atoms with van der Waals surface area (Å²) < 4.78 is 2.27. The van der Waals surface area contributed by atoms with E-state index >= 15 is 0 Å². The second-order valence-corrected chi connectivity index (χ2v) is 13.8. The Hall–Kier alpha value is -4.69. The fraction of sp³-hybridized carbons (Fsp3) is 0.0263. The van der Waals surface area contributed by atoms with Crippen molar-refractivity contribution < 1.29 is 0 Å². The normalized spacial score (nSPS) is 11.7. The minimum absolute atomic E-state index is 0.995. The van der Waals surface area contributed by atoms with E-state index in [1.807, 2.05) is 0 Å². The van der Waals surface area contributed by atoms with E-state index in [0.717, 1.165) is 22.5 Å². The fourth-order valence-corrected chi connectivity index (χ4v) is 8.30. The molecule has 2 nitrogen and oxygen atoms in total. The van der Waals surface area contributed by atoms with E-state index in [2.05, 4.69) is 165 Å². The zero-order valence-electron chi connectivity index (χ0n) is 29.6. The molecule has 1 aromatic heterocycles. The standard InChI is InChI=1S/C38H34B8N2/c1-17-47-23-8-4-5-9-24(23)48(17)22-14-12-19(13-15-22)25-27-29(33(41)37(45)35(43)31(27)39)26(21-11-10-18-6-2-3-7-20(18)16-21)30-28(25)32(40)36(44)38(46)34(30)42/h2-16H,39-46H2,1H3. The third-order valence-corrected chi connectivity index (χ3v) is 11.6. The molecule has 0 radical (unpaired) electrons. The van der Waals surface area contributed by atoms with Crippen molar-refractivity contribution in [2.24, 2.45) is 0 Å². The van der Waals surface area contributed by atoms with Crippen molar-refractivity contribution in [3.05, 3.63) is 96.8 Å². The molecule has 0 amide bonds. The molecular formula is C38H34B8N2. The Balaban J connectivity index is 1.54. The highest BCUT2D eigenvalue weighted by molar-refractivity contribution is 6.71. The first-order valence-corrected chi connectivity index (χ1v) is 17.1. The van der Waals surface area contributed by atoms with Crippen LogP contribution in [0.4, 0.5) is 0 Å². The third kappa shape index (κ3) is 4.34. The Morgan fingerprint density at radius 3 is 1.48 bits per heavy atom. The molecule has 8 rings (SSSR count). The largest absolute Gasteiger partial charge is 0.297 e. The lowest BCUT2D eigenvalue weighted by Crippen LogP contribution is -2.50. The van der Waals surface area contributed by atoms with Crippen LogP contribution in [0.1, 0.15) is 5.82 Å². The van der Waals surface area contributed by atoms with Crippen LogP contribution in [0, 0.1) is 6.92 Å². The number of para-hydroxylation sites is 2. The summed E-state index contributed by atoms with van der Waals surface area (Å²) >= 11 is 0. The predicted octanol–water partition coefficient (Wildman–Crippen LogP) is -3.81. The van der Waals surface area contributed by atoms with Crippen molar-refractivity contribution in [3.8, 4) is 27.9 Å². The van der Waals surface area contributed by atoms with Crippen LogP contribution in [0.5, 0.6) is 0 Å². The average Bonchev–Trinajstić information content (AvgIpc) is 3.45. The molecule has 10 heteroatoms. The van der Waals surface area contributed by atoms with Gasteiger partial charge in [-0.3, -0.25) is 4.57 Å². The van der Waals surface area contributed by atoms with Crippen LogP contribution in [-0.2, 0) is 0 Å². The van der Waals surface area contributed by atoms with E-state index < -0.39 is 0 Å². The SMILES string of the molecule is Bc1c(B)c(B)c2c(-c3ccc4ccccc4c3)c3c(B)c(B)c(B)c(B)c3c(-c3ccc(-n4c(C)nc5ccccc54)cc3)c2c1B. The maximum absolute atomic E-state index is 4.85. The van der Waals surface area contributed by atoms with Gasteiger partial charge in [-0.1, -0.05) is 82.5 Å². The maximum Gasteiger partial charge on any atom is 0.139 e. The van der Waals surface area contributed by atoms with Crippen LogP contribution in [-0.4, -0.2) is 72.3 Å². The number of fused-ring (bicyclic) bond motifs is 4. The quantitative estimate of drug-likeness (QED) is 0.150. The molecule has 0 atom stereocenters. The molecule has 0 bridgehead atoms. The number of imidazole rings is 1. The van der Waals surface area contributed by atoms with Gasteiger partial charge in [-0.15, -0.1) is 21.9 Å². The molecule has 7 aromatic carbocycles. The number of rotatable bonds is 3. The summed E-state index contributed by atoms with van der Waals surface area (Å²) in [5.41, 5.74) is 19.5. The van der Waals surface area contributed by atoms with Gasteiger partial charge in [0.25, 0.3) is 0 Å². The Kier molecular flexibility index (Phi) is 7.14. The number of aryl methyl sites for hydroxylation is 1. The van der Waals surface area contributed by atoms with Crippen molar-refractivity contribution in [3.63, 3.8) is 0 Å². The summed E-state index contributed by atoms with van der Waals surface area (Å²) in [4.78, 5) is 4.85. The molecule has 0 aliphatic rings. The molecule has 0 aliphatic carbocycles. The van der Waals surface area contributed by atoms with Crippen molar-refractivity contribution >= 4 is 150 Å². The van der Waals surface area contributed by atoms with E-state index in [0.29, 0.717) is 0 Å². The third-order valence-electron chi connectivity index (χ3n) is 11.6. The van der Waals surface area contributed by atoms with Gasteiger partial charge in [0.2, 0.25) is 0 Å². The lowest BCUT2D eigenvalue weighted by molar-refractivity contribution is 1.00. The molecule has 0 saturated heterocycles. The van der Waals surface area contributed by atoms with Gasteiger partial charge in [-0.25, -0.2) is 4.98 Å². The summed E-state index contributed by atoms with van der Waals surface area (Å²) in [5.74, 6) is 0.995. The van der Waals surface area contributed by atoms with E-state index in [-0.39, 0.29) is 0 Å². The van der Waals surface area contributed by atoms with Crippen LogP contribution in [0.25, 0.3) is 71.3 Å². The number of aromatic nitrogens is 2. The highest BCUT2D eigenvalue weighted by Crippen LogP contribution is 2.41. The lowest BCUT2D eigenvalue weighted by atomic mass is 9.59. The molecule has 0 fully saturated rings. The average molecular weight is 605 g/mol. The summed E-state index contributed by atoms with van der Waals surface area (Å²) in [7, 11) is 18.6. The Morgan fingerprint density at radius 1 is 0.458 bits per heavy atom. The number of hydrogen-bond donors (Lipinski definition) is 0. The van der Waals surface area contributed by atoms with Crippen molar-refractivity contribution in [1.82, 2.24) is 9.55 Å². The second-order valence-electron chi connectivity index (χ2n) is 13.8. The van der Waals surface area contributed by atoms with Gasteiger partial charge in [0, 0.05) is 5.69 Å². The molecule has 0 saturated carbocycles. The minimum Gasteiger partial charge on any atom is -0.297 e. The van der Waals surface area contributed by atoms with Crippen molar-refractivity contribution in [1.29, 1.82) is 0 Å². The molecular weight excluding hydrogens is 571 g/mol. The number of hydrogen-bond acceptors (Lipinski definition) is 1. The molecule has 8 aromatic rings. The van der Waals surface area contributed by atoms with Gasteiger partial charge in [0.15, 0.2) is 0 Å². The van der Waals surface area contributed by atoms with Crippen molar-refractivity contribution in [2.45, 2.75) is 6.92 Å². The van der Waals surface area contributed by atoms with Gasteiger partial charge in [0.05, 0.1) is 11.0 Å². The van der Waals surface area contributed by atoms with E-state index in [4.69, 9.17) is 4.98 Å². The first kappa shape index (κ1) is 30.6. The topological polar surface area (TPSA) is 17.8 Å². The molecule has 0 spiro atoms. The van der Waals surface area contributed by atoms with Crippen LogP contribution in [0.2, 0.25) is 0 Å². The predicted molar refractivity (Wildman–Crippen MR) is 235 cm³/mol. The maximum atomic E-state index is 4.85. The van der Waals surface area contributed by atoms with Crippen LogP contribution >= 0.6 is 0 Å². The lowest BCUT2D eigenvalue weighted by Gasteiger charge is -2.28. The first-order chi connectivity index (χ1) is 23.1. The summed E-state index contributed by atoms with van der Waals surface area (Å²) in [6, 6.07) is 33.4. The zero-order valence-corrected chi connectivity index (χ0v) is 29.6. The van der Waals surface area contributed by atoms with Gasteiger partial charge in [0.1, 0.15) is 68.6 Å². The van der Waals surface area contributed by atoms with Gasteiger partial charge in [-0.2, -0.15) is 0 Å². The van der Waals surface area contributed by atoms with Gasteiger partial charge < -0.3 is 0 Å². The highest BCUT2D eigenvalue weighted by Gasteiger charge is 2.25. The molecule has 0 unspecified atom stereocenters. The Bertz CT molecular complexity index is 2580. The van der Waals surface area contributed by atoms with Crippen LogP contribution in [0.15, 0.2) is 91.0 Å². The second kappa shape index (κ2) is 11.2. The molecule has 0 N–H and O–H groups in total. The number of benzene rings is 7. The van der Waals surface area contributed by atoms with E-state index in [1.165, 1.54) is 98.3 Å². The van der Waals surface area contributed by atoms with Crippen LogP contribution in [0.3, 0.4) is 0 Å². The minimum atomic E-state index is 0.995. The molecule has 48 heavy (non-hydrogen) atoms.